The Hall–Kier alpha value is -2.15. The number of aryl methyl sites for hydroxylation is 1. The summed E-state index contributed by atoms with van der Waals surface area (Å²) in [6.45, 7) is 2.49. The average Bonchev–Trinajstić information content (AvgIpc) is 2.98. The van der Waals surface area contributed by atoms with Gasteiger partial charge in [-0.15, -0.1) is 5.10 Å². The highest BCUT2D eigenvalue weighted by Crippen LogP contribution is 2.35. The van der Waals surface area contributed by atoms with Crippen LogP contribution in [0.4, 0.5) is 5.13 Å². The number of fused-ring (bicyclic) bond motifs is 1. The number of anilines is 1. The van der Waals surface area contributed by atoms with E-state index in [1.807, 2.05) is 19.1 Å². The van der Waals surface area contributed by atoms with E-state index in [9.17, 15) is 4.79 Å². The van der Waals surface area contributed by atoms with E-state index >= 15 is 0 Å². The summed E-state index contributed by atoms with van der Waals surface area (Å²) in [6.07, 6.45) is 3.98. The van der Waals surface area contributed by atoms with Gasteiger partial charge >= 0.3 is 0 Å². The molecule has 0 saturated heterocycles. The fourth-order valence-electron chi connectivity index (χ4n) is 2.34. The molecule has 7 heteroatoms. The zero-order valence-electron chi connectivity index (χ0n) is 11.5. The Morgan fingerprint density at radius 2 is 2.38 bits per heavy atom. The van der Waals surface area contributed by atoms with Crippen molar-refractivity contribution in [2.75, 3.05) is 4.90 Å². The Morgan fingerprint density at radius 3 is 3.10 bits per heavy atom. The van der Waals surface area contributed by atoms with E-state index in [1.54, 1.807) is 6.26 Å². The largest absolute Gasteiger partial charge is 0.467 e. The molecule has 108 valence electrons. The van der Waals surface area contributed by atoms with E-state index in [0.717, 1.165) is 29.4 Å². The second-order valence-corrected chi connectivity index (χ2v) is 6.19. The SMILES string of the molecule is Cc1cc(=O)n2nc(N(Cc3ccco3)C3CC3)sc2n1. The van der Waals surface area contributed by atoms with E-state index in [-0.39, 0.29) is 5.56 Å². The number of furan rings is 1. The molecule has 1 saturated carbocycles. The molecule has 3 heterocycles. The fourth-order valence-corrected chi connectivity index (χ4v) is 3.36. The van der Waals surface area contributed by atoms with Gasteiger partial charge in [-0.1, -0.05) is 11.3 Å². The van der Waals surface area contributed by atoms with Crippen molar-refractivity contribution in [3.63, 3.8) is 0 Å². The number of hydrogen-bond acceptors (Lipinski definition) is 6. The summed E-state index contributed by atoms with van der Waals surface area (Å²) in [4.78, 5) is 19.2. The van der Waals surface area contributed by atoms with E-state index < -0.39 is 0 Å². The molecular formula is C14H14N4O2S. The Kier molecular flexibility index (Phi) is 2.81. The highest BCUT2D eigenvalue weighted by Gasteiger charge is 2.32. The van der Waals surface area contributed by atoms with Gasteiger partial charge in [0, 0.05) is 17.8 Å². The molecule has 0 amide bonds. The predicted octanol–water partition coefficient (Wildman–Crippen LogP) is 2.22. The second-order valence-electron chi connectivity index (χ2n) is 5.25. The number of hydrogen-bond donors (Lipinski definition) is 0. The van der Waals surface area contributed by atoms with E-state index in [0.29, 0.717) is 17.5 Å². The van der Waals surface area contributed by atoms with Gasteiger partial charge in [0.2, 0.25) is 10.1 Å². The van der Waals surface area contributed by atoms with Crippen molar-refractivity contribution in [3.8, 4) is 0 Å². The zero-order valence-corrected chi connectivity index (χ0v) is 12.3. The molecule has 3 aromatic rings. The van der Waals surface area contributed by atoms with Crippen LogP contribution in [-0.2, 0) is 6.54 Å². The summed E-state index contributed by atoms with van der Waals surface area (Å²) < 4.78 is 6.81. The minimum absolute atomic E-state index is 0.131. The van der Waals surface area contributed by atoms with E-state index in [4.69, 9.17) is 4.42 Å². The molecule has 3 aromatic heterocycles. The quantitative estimate of drug-likeness (QED) is 0.739. The third kappa shape index (κ3) is 2.33. The Balaban J connectivity index is 1.75. The molecule has 0 unspecified atom stereocenters. The third-order valence-electron chi connectivity index (χ3n) is 3.50. The van der Waals surface area contributed by atoms with Crippen LogP contribution in [0.25, 0.3) is 4.96 Å². The number of nitrogens with zero attached hydrogens (tertiary/aromatic N) is 4. The number of rotatable bonds is 4. The Labute approximate surface area is 124 Å². The maximum Gasteiger partial charge on any atom is 0.275 e. The van der Waals surface area contributed by atoms with Crippen LogP contribution in [0.3, 0.4) is 0 Å². The molecule has 1 aliphatic rings. The van der Waals surface area contributed by atoms with Gasteiger partial charge < -0.3 is 9.32 Å². The van der Waals surface area contributed by atoms with Crippen molar-refractivity contribution < 1.29 is 4.42 Å². The summed E-state index contributed by atoms with van der Waals surface area (Å²) in [7, 11) is 0. The van der Waals surface area contributed by atoms with Gasteiger partial charge in [-0.05, 0) is 31.9 Å². The fraction of sp³-hybridized carbons (Fsp3) is 0.357. The molecule has 0 radical (unpaired) electrons. The van der Waals surface area contributed by atoms with E-state index in [2.05, 4.69) is 15.0 Å². The third-order valence-corrected chi connectivity index (χ3v) is 4.45. The summed E-state index contributed by atoms with van der Waals surface area (Å²) in [5.74, 6) is 0.901. The molecule has 0 aromatic carbocycles. The van der Waals surface area contributed by atoms with Gasteiger partial charge in [0.05, 0.1) is 12.8 Å². The van der Waals surface area contributed by atoms with Gasteiger partial charge in [-0.25, -0.2) is 4.98 Å². The second kappa shape index (κ2) is 4.70. The smallest absolute Gasteiger partial charge is 0.275 e. The van der Waals surface area contributed by atoms with Crippen LogP contribution in [0.1, 0.15) is 24.3 Å². The van der Waals surface area contributed by atoms with Crippen molar-refractivity contribution in [2.24, 2.45) is 0 Å². The first kappa shape index (κ1) is 12.6. The van der Waals surface area contributed by atoms with E-state index in [1.165, 1.54) is 21.9 Å². The van der Waals surface area contributed by atoms with Gasteiger partial charge in [0.25, 0.3) is 5.56 Å². The molecule has 0 atom stereocenters. The molecule has 0 N–H and O–H groups in total. The molecule has 6 nitrogen and oxygen atoms in total. The summed E-state index contributed by atoms with van der Waals surface area (Å²) in [5, 5.41) is 5.26. The summed E-state index contributed by atoms with van der Waals surface area (Å²) in [5.41, 5.74) is 0.591. The van der Waals surface area contributed by atoms with Crippen molar-refractivity contribution >= 4 is 21.4 Å². The molecule has 4 rings (SSSR count). The standard InChI is InChI=1S/C14H14N4O2S/c1-9-7-12(19)18-13(15-9)21-14(16-18)17(10-4-5-10)8-11-3-2-6-20-11/h2-3,6-7,10H,4-5,8H2,1H3. The van der Waals surface area contributed by atoms with Crippen LogP contribution in [-0.4, -0.2) is 20.6 Å². The highest BCUT2D eigenvalue weighted by molar-refractivity contribution is 7.20. The first-order valence-electron chi connectivity index (χ1n) is 6.87. The van der Waals surface area contributed by atoms with Gasteiger partial charge in [0.1, 0.15) is 5.76 Å². The van der Waals surface area contributed by atoms with Crippen LogP contribution >= 0.6 is 11.3 Å². The summed E-state index contributed by atoms with van der Waals surface area (Å²) >= 11 is 1.45. The van der Waals surface area contributed by atoms with Crippen LogP contribution in [0.15, 0.2) is 33.7 Å². The maximum atomic E-state index is 12.0. The van der Waals surface area contributed by atoms with Gasteiger partial charge in [0.15, 0.2) is 0 Å². The molecular weight excluding hydrogens is 288 g/mol. The van der Waals surface area contributed by atoms with Crippen molar-refractivity contribution in [3.05, 3.63) is 46.3 Å². The van der Waals surface area contributed by atoms with Gasteiger partial charge in [-0.2, -0.15) is 4.52 Å². The topological polar surface area (TPSA) is 63.6 Å². The van der Waals surface area contributed by atoms with Crippen LogP contribution in [0.5, 0.6) is 0 Å². The molecule has 0 bridgehead atoms. The lowest BCUT2D eigenvalue weighted by Gasteiger charge is -2.19. The van der Waals surface area contributed by atoms with Crippen LogP contribution < -0.4 is 10.5 Å². The summed E-state index contributed by atoms with van der Waals surface area (Å²) in [6, 6.07) is 5.82. The first-order valence-corrected chi connectivity index (χ1v) is 7.69. The van der Waals surface area contributed by atoms with Crippen LogP contribution in [0.2, 0.25) is 0 Å². The molecule has 0 spiro atoms. The lowest BCUT2D eigenvalue weighted by Crippen LogP contribution is -2.25. The normalized spacial score (nSPS) is 14.7. The minimum atomic E-state index is -0.131. The monoisotopic (exact) mass is 302 g/mol. The molecule has 21 heavy (non-hydrogen) atoms. The van der Waals surface area contributed by atoms with Gasteiger partial charge in [-0.3, -0.25) is 4.79 Å². The minimum Gasteiger partial charge on any atom is -0.467 e. The highest BCUT2D eigenvalue weighted by atomic mass is 32.1. The lowest BCUT2D eigenvalue weighted by atomic mass is 10.4. The first-order chi connectivity index (χ1) is 10.2. The average molecular weight is 302 g/mol. The van der Waals surface area contributed by atoms with Crippen molar-refractivity contribution in [1.29, 1.82) is 0 Å². The maximum absolute atomic E-state index is 12.0. The van der Waals surface area contributed by atoms with Crippen molar-refractivity contribution in [2.45, 2.75) is 32.4 Å². The van der Waals surface area contributed by atoms with Crippen molar-refractivity contribution in [1.82, 2.24) is 14.6 Å². The molecule has 1 fully saturated rings. The van der Waals surface area contributed by atoms with Crippen LogP contribution in [0, 0.1) is 6.92 Å². The number of aromatic nitrogens is 3. The molecule has 0 aliphatic heterocycles. The zero-order chi connectivity index (χ0) is 14.4. The molecule has 1 aliphatic carbocycles. The Bertz CT molecular complexity index is 832. The lowest BCUT2D eigenvalue weighted by molar-refractivity contribution is 0.500. The predicted molar refractivity (Wildman–Crippen MR) is 79.8 cm³/mol. The Morgan fingerprint density at radius 1 is 1.52 bits per heavy atom.